The predicted molar refractivity (Wildman–Crippen MR) is 66.1 cm³/mol. The second kappa shape index (κ2) is 6.70. The van der Waals surface area contributed by atoms with E-state index in [1.807, 2.05) is 0 Å². The largest absolute Gasteiger partial charge is 0.396 e. The van der Waals surface area contributed by atoms with E-state index >= 15 is 0 Å². The molecule has 0 aliphatic heterocycles. The van der Waals surface area contributed by atoms with Gasteiger partial charge in [-0.15, -0.1) is 0 Å². The minimum atomic E-state index is -0.500. The highest BCUT2D eigenvalue weighted by Gasteiger charge is 2.16. The molecule has 6 nitrogen and oxygen atoms in total. The summed E-state index contributed by atoms with van der Waals surface area (Å²) in [6.07, 6.45) is 0.426. The highest BCUT2D eigenvalue weighted by molar-refractivity contribution is 5.80. The maximum absolute atomic E-state index is 11.7. The Bertz CT molecular complexity index is 434. The normalized spacial score (nSPS) is 11.9. The van der Waals surface area contributed by atoms with Crippen LogP contribution in [0.5, 0.6) is 0 Å². The highest BCUT2D eigenvalue weighted by atomic mass is 16.6. The van der Waals surface area contributed by atoms with Gasteiger partial charge < -0.3 is 10.4 Å². The average Bonchev–Trinajstić information content (AvgIpc) is 2.29. The molecule has 1 aromatic rings. The fourth-order valence-electron chi connectivity index (χ4n) is 1.60. The van der Waals surface area contributed by atoms with Crippen molar-refractivity contribution in [1.29, 1.82) is 0 Å². The summed E-state index contributed by atoms with van der Waals surface area (Å²) < 4.78 is 0. The molecule has 0 bridgehead atoms. The molecule has 0 aliphatic carbocycles. The fraction of sp³-hybridized carbons (Fsp3) is 0.417. The number of aliphatic hydroxyl groups excluding tert-OH is 1. The summed E-state index contributed by atoms with van der Waals surface area (Å²) in [4.78, 5) is 21.9. The second-order valence-electron chi connectivity index (χ2n) is 4.04. The van der Waals surface area contributed by atoms with Crippen LogP contribution in [0.3, 0.4) is 0 Å². The van der Waals surface area contributed by atoms with Crippen molar-refractivity contribution in [2.75, 3.05) is 6.61 Å². The molecule has 0 aromatic heterocycles. The van der Waals surface area contributed by atoms with Gasteiger partial charge in [0.05, 0.1) is 11.3 Å². The van der Waals surface area contributed by atoms with Gasteiger partial charge in [-0.05, 0) is 13.3 Å². The molecule has 1 amide bonds. The summed E-state index contributed by atoms with van der Waals surface area (Å²) in [5.41, 5.74) is 0.332. The van der Waals surface area contributed by atoms with E-state index in [4.69, 9.17) is 5.11 Å². The summed E-state index contributed by atoms with van der Waals surface area (Å²) in [5.74, 6) is -0.287. The standard InChI is InChI=1S/C12H16N2O4/c1-9(6-7-15)13-12(16)8-10-4-2-3-5-11(10)14(17)18/h2-5,9,15H,6-8H2,1H3,(H,13,16). The van der Waals surface area contributed by atoms with Crippen molar-refractivity contribution in [3.63, 3.8) is 0 Å². The van der Waals surface area contributed by atoms with Crippen molar-refractivity contribution < 1.29 is 14.8 Å². The summed E-state index contributed by atoms with van der Waals surface area (Å²) >= 11 is 0. The molecular weight excluding hydrogens is 236 g/mol. The molecule has 0 spiro atoms. The number of nitro benzene ring substituents is 1. The SMILES string of the molecule is CC(CCO)NC(=O)Cc1ccccc1[N+](=O)[O-]. The van der Waals surface area contributed by atoms with Crippen LogP contribution in [-0.2, 0) is 11.2 Å². The van der Waals surface area contributed by atoms with E-state index in [9.17, 15) is 14.9 Å². The van der Waals surface area contributed by atoms with Crippen LogP contribution in [0.2, 0.25) is 0 Å². The molecule has 0 fully saturated rings. The molecule has 0 aliphatic rings. The molecule has 1 unspecified atom stereocenters. The number of nitrogens with zero attached hydrogens (tertiary/aromatic N) is 1. The summed E-state index contributed by atoms with van der Waals surface area (Å²) in [7, 11) is 0. The van der Waals surface area contributed by atoms with Gasteiger partial charge in [0.1, 0.15) is 0 Å². The first-order valence-electron chi connectivity index (χ1n) is 5.67. The lowest BCUT2D eigenvalue weighted by atomic mass is 10.1. The van der Waals surface area contributed by atoms with E-state index in [1.165, 1.54) is 6.07 Å². The molecule has 18 heavy (non-hydrogen) atoms. The minimum Gasteiger partial charge on any atom is -0.396 e. The Kier molecular flexibility index (Phi) is 5.26. The number of aliphatic hydroxyl groups is 1. The zero-order valence-electron chi connectivity index (χ0n) is 10.1. The van der Waals surface area contributed by atoms with Crippen molar-refractivity contribution >= 4 is 11.6 Å². The Morgan fingerprint density at radius 3 is 2.78 bits per heavy atom. The maximum Gasteiger partial charge on any atom is 0.273 e. The van der Waals surface area contributed by atoms with Gasteiger partial charge in [0, 0.05) is 24.3 Å². The molecule has 98 valence electrons. The number of rotatable bonds is 6. The molecule has 0 heterocycles. The van der Waals surface area contributed by atoms with Gasteiger partial charge in [-0.2, -0.15) is 0 Å². The fourth-order valence-corrected chi connectivity index (χ4v) is 1.60. The number of nitrogens with one attached hydrogen (secondary N) is 1. The third kappa shape index (κ3) is 4.14. The molecule has 0 radical (unpaired) electrons. The van der Waals surface area contributed by atoms with Crippen molar-refractivity contribution in [2.24, 2.45) is 0 Å². The monoisotopic (exact) mass is 252 g/mol. The summed E-state index contributed by atoms with van der Waals surface area (Å²) in [6, 6.07) is 6.01. The van der Waals surface area contributed by atoms with Gasteiger partial charge in [0.2, 0.25) is 5.91 Å². The number of amides is 1. The van der Waals surface area contributed by atoms with Crippen LogP contribution in [0.15, 0.2) is 24.3 Å². The Morgan fingerprint density at radius 1 is 1.50 bits per heavy atom. The Labute approximate surface area is 105 Å². The number of para-hydroxylation sites is 1. The Balaban J connectivity index is 2.67. The Hall–Kier alpha value is -1.95. The van der Waals surface area contributed by atoms with Gasteiger partial charge in [-0.3, -0.25) is 14.9 Å². The van der Waals surface area contributed by atoms with Gasteiger partial charge in [0.25, 0.3) is 5.69 Å². The number of hydrogen-bond acceptors (Lipinski definition) is 4. The van der Waals surface area contributed by atoms with E-state index in [1.54, 1.807) is 25.1 Å². The number of carbonyl (C=O) groups excluding carboxylic acids is 1. The number of benzene rings is 1. The third-order valence-electron chi connectivity index (χ3n) is 2.51. The lowest BCUT2D eigenvalue weighted by Gasteiger charge is -2.12. The molecule has 1 aromatic carbocycles. The van der Waals surface area contributed by atoms with E-state index in [0.717, 1.165) is 0 Å². The van der Waals surface area contributed by atoms with Crippen LogP contribution >= 0.6 is 0 Å². The first kappa shape index (κ1) is 14.1. The number of carbonyl (C=O) groups is 1. The molecule has 0 saturated heterocycles. The second-order valence-corrected chi connectivity index (χ2v) is 4.04. The van der Waals surface area contributed by atoms with Crippen LogP contribution in [0.25, 0.3) is 0 Å². The molecule has 1 atom stereocenters. The van der Waals surface area contributed by atoms with E-state index in [0.29, 0.717) is 12.0 Å². The molecule has 6 heteroatoms. The van der Waals surface area contributed by atoms with Crippen LogP contribution < -0.4 is 5.32 Å². The third-order valence-corrected chi connectivity index (χ3v) is 2.51. The van der Waals surface area contributed by atoms with Gasteiger partial charge in [0.15, 0.2) is 0 Å². The molecular formula is C12H16N2O4. The predicted octanol–water partition coefficient (Wildman–Crippen LogP) is 1.02. The maximum atomic E-state index is 11.7. The zero-order valence-corrected chi connectivity index (χ0v) is 10.1. The zero-order chi connectivity index (χ0) is 13.5. The van der Waals surface area contributed by atoms with Crippen LogP contribution in [-0.4, -0.2) is 28.6 Å². The Morgan fingerprint density at radius 2 is 2.17 bits per heavy atom. The van der Waals surface area contributed by atoms with E-state index in [2.05, 4.69) is 5.32 Å². The summed E-state index contributed by atoms with van der Waals surface area (Å²) in [5, 5.41) is 22.2. The number of hydrogen-bond donors (Lipinski definition) is 2. The van der Waals surface area contributed by atoms with Crippen molar-refractivity contribution in [2.45, 2.75) is 25.8 Å². The van der Waals surface area contributed by atoms with Gasteiger partial charge >= 0.3 is 0 Å². The van der Waals surface area contributed by atoms with E-state index < -0.39 is 4.92 Å². The minimum absolute atomic E-state index is 0.00701. The van der Waals surface area contributed by atoms with Gasteiger partial charge in [-0.25, -0.2) is 0 Å². The number of nitro groups is 1. The van der Waals surface area contributed by atoms with Crippen molar-refractivity contribution in [3.05, 3.63) is 39.9 Å². The first-order chi connectivity index (χ1) is 8.54. The lowest BCUT2D eigenvalue weighted by molar-refractivity contribution is -0.385. The lowest BCUT2D eigenvalue weighted by Crippen LogP contribution is -2.34. The van der Waals surface area contributed by atoms with E-state index in [-0.39, 0.29) is 30.7 Å². The first-order valence-corrected chi connectivity index (χ1v) is 5.67. The van der Waals surface area contributed by atoms with Crippen LogP contribution in [0.1, 0.15) is 18.9 Å². The molecule has 1 rings (SSSR count). The molecule has 0 saturated carbocycles. The van der Waals surface area contributed by atoms with Gasteiger partial charge in [-0.1, -0.05) is 18.2 Å². The smallest absolute Gasteiger partial charge is 0.273 e. The topological polar surface area (TPSA) is 92.5 Å². The van der Waals surface area contributed by atoms with Crippen molar-refractivity contribution in [3.8, 4) is 0 Å². The summed E-state index contributed by atoms with van der Waals surface area (Å²) in [6.45, 7) is 1.76. The highest BCUT2D eigenvalue weighted by Crippen LogP contribution is 2.17. The average molecular weight is 252 g/mol. The molecule has 2 N–H and O–H groups in total. The quantitative estimate of drug-likeness (QED) is 0.584. The van der Waals surface area contributed by atoms with Crippen molar-refractivity contribution in [1.82, 2.24) is 5.32 Å². The van der Waals surface area contributed by atoms with Crippen LogP contribution in [0, 0.1) is 10.1 Å². The van der Waals surface area contributed by atoms with Crippen LogP contribution in [0.4, 0.5) is 5.69 Å².